The second-order valence-corrected chi connectivity index (χ2v) is 8.31. The van der Waals surface area contributed by atoms with Crippen molar-refractivity contribution in [2.24, 2.45) is 0 Å². The van der Waals surface area contributed by atoms with Crippen molar-refractivity contribution in [1.82, 2.24) is 20.2 Å². The van der Waals surface area contributed by atoms with Gasteiger partial charge in [0.05, 0.1) is 16.7 Å². The van der Waals surface area contributed by atoms with E-state index in [4.69, 9.17) is 4.98 Å². The molecule has 150 valence electrons. The first-order chi connectivity index (χ1) is 14.3. The number of amides is 1. The molecular formula is C23H26N4OS. The Morgan fingerprint density at radius 3 is 2.83 bits per heavy atom. The Morgan fingerprint density at radius 1 is 1.17 bits per heavy atom. The normalized spacial score (nSPS) is 16.8. The van der Waals surface area contributed by atoms with E-state index in [1.807, 2.05) is 18.2 Å². The largest absolute Gasteiger partial charge is 0.355 e. The molecule has 2 aromatic heterocycles. The molecule has 1 unspecified atom stereocenters. The number of carbonyl (C=O) groups is 1. The fourth-order valence-electron chi connectivity index (χ4n) is 3.78. The Morgan fingerprint density at radius 2 is 2.00 bits per heavy atom. The number of hydrogen-bond donors (Lipinski definition) is 1. The number of nitrogens with zero attached hydrogens (tertiary/aromatic N) is 3. The van der Waals surface area contributed by atoms with Gasteiger partial charge in [0, 0.05) is 42.8 Å². The van der Waals surface area contributed by atoms with Crippen LogP contribution >= 0.6 is 11.3 Å². The van der Waals surface area contributed by atoms with Crippen LogP contribution in [0.15, 0.2) is 60.2 Å². The summed E-state index contributed by atoms with van der Waals surface area (Å²) in [6, 6.07) is 14.3. The summed E-state index contributed by atoms with van der Waals surface area (Å²) in [6.45, 7) is 2.53. The molecule has 0 radical (unpaired) electrons. The molecule has 4 rings (SSSR count). The van der Waals surface area contributed by atoms with Gasteiger partial charge in [-0.3, -0.25) is 14.7 Å². The number of pyridine rings is 1. The number of thiazole rings is 1. The smallest absolute Gasteiger partial charge is 0.237 e. The van der Waals surface area contributed by atoms with Crippen molar-refractivity contribution in [3.05, 3.63) is 70.8 Å². The number of benzene rings is 1. The molecule has 6 heteroatoms. The third kappa shape index (κ3) is 5.28. The van der Waals surface area contributed by atoms with Crippen LogP contribution in [0.3, 0.4) is 0 Å². The highest BCUT2D eigenvalue weighted by molar-refractivity contribution is 7.09. The monoisotopic (exact) mass is 406 g/mol. The van der Waals surface area contributed by atoms with Gasteiger partial charge in [0.15, 0.2) is 0 Å². The van der Waals surface area contributed by atoms with Gasteiger partial charge in [-0.2, -0.15) is 0 Å². The number of nitrogens with one attached hydrogen (secondary N) is 1. The minimum absolute atomic E-state index is 0.00615. The van der Waals surface area contributed by atoms with Gasteiger partial charge in [0.2, 0.25) is 5.91 Å². The van der Waals surface area contributed by atoms with Crippen molar-refractivity contribution >= 4 is 17.2 Å². The van der Waals surface area contributed by atoms with Gasteiger partial charge in [0.25, 0.3) is 0 Å². The summed E-state index contributed by atoms with van der Waals surface area (Å²) < 4.78 is 0. The Balaban J connectivity index is 1.22. The van der Waals surface area contributed by atoms with Crippen LogP contribution in [0.25, 0.3) is 11.3 Å². The topological polar surface area (TPSA) is 58.1 Å². The van der Waals surface area contributed by atoms with Crippen molar-refractivity contribution in [3.8, 4) is 11.3 Å². The number of carbonyl (C=O) groups excluding carboxylic acids is 1. The van der Waals surface area contributed by atoms with E-state index in [1.165, 1.54) is 5.56 Å². The summed E-state index contributed by atoms with van der Waals surface area (Å²) >= 11 is 1.68. The van der Waals surface area contributed by atoms with Crippen LogP contribution in [0.5, 0.6) is 0 Å². The van der Waals surface area contributed by atoms with Gasteiger partial charge in [-0.15, -0.1) is 11.3 Å². The van der Waals surface area contributed by atoms with Gasteiger partial charge in [-0.1, -0.05) is 30.3 Å². The maximum Gasteiger partial charge on any atom is 0.237 e. The summed E-state index contributed by atoms with van der Waals surface area (Å²) in [5.41, 5.74) is 3.36. The average molecular weight is 407 g/mol. The van der Waals surface area contributed by atoms with Crippen LogP contribution in [0, 0.1) is 0 Å². The second kappa shape index (κ2) is 9.76. The van der Waals surface area contributed by atoms with Gasteiger partial charge < -0.3 is 5.32 Å². The van der Waals surface area contributed by atoms with E-state index in [1.54, 1.807) is 23.7 Å². The fourth-order valence-corrected chi connectivity index (χ4v) is 4.63. The lowest BCUT2D eigenvalue weighted by Gasteiger charge is -2.23. The SMILES string of the molecule is O=C(NCCCc1nc(-c2ccncc2)cs1)C1CCCN1Cc1ccccc1. The highest BCUT2D eigenvalue weighted by atomic mass is 32.1. The Labute approximate surface area is 175 Å². The molecule has 1 N–H and O–H groups in total. The van der Waals surface area contributed by atoms with Gasteiger partial charge in [0.1, 0.15) is 0 Å². The van der Waals surface area contributed by atoms with E-state index in [0.717, 1.165) is 55.0 Å². The molecule has 0 spiro atoms. The third-order valence-corrected chi connectivity index (χ3v) is 6.20. The lowest BCUT2D eigenvalue weighted by Crippen LogP contribution is -2.43. The van der Waals surface area contributed by atoms with Crippen molar-refractivity contribution in [1.29, 1.82) is 0 Å². The van der Waals surface area contributed by atoms with Crippen LogP contribution in [-0.2, 0) is 17.8 Å². The molecule has 29 heavy (non-hydrogen) atoms. The first kappa shape index (κ1) is 19.7. The molecule has 5 nitrogen and oxygen atoms in total. The molecule has 1 aliphatic rings. The molecule has 1 aromatic carbocycles. The number of hydrogen-bond acceptors (Lipinski definition) is 5. The van der Waals surface area contributed by atoms with E-state index in [2.05, 4.69) is 44.8 Å². The highest BCUT2D eigenvalue weighted by Gasteiger charge is 2.30. The van der Waals surface area contributed by atoms with Crippen LogP contribution in [-0.4, -0.2) is 39.9 Å². The molecule has 1 atom stereocenters. The average Bonchev–Trinajstić information content (AvgIpc) is 3.42. The molecule has 3 aromatic rings. The maximum absolute atomic E-state index is 12.7. The summed E-state index contributed by atoms with van der Waals surface area (Å²) in [6.07, 6.45) is 7.39. The van der Waals surface area contributed by atoms with Crippen LogP contribution in [0.2, 0.25) is 0 Å². The molecule has 1 aliphatic heterocycles. The molecule has 0 aliphatic carbocycles. The quantitative estimate of drug-likeness (QED) is 0.576. The van der Waals surface area contributed by atoms with Gasteiger partial charge in [-0.25, -0.2) is 4.98 Å². The number of likely N-dealkylation sites (tertiary alicyclic amines) is 1. The van der Waals surface area contributed by atoms with E-state index in [9.17, 15) is 4.79 Å². The zero-order valence-electron chi connectivity index (χ0n) is 16.5. The summed E-state index contributed by atoms with van der Waals surface area (Å²) in [5, 5.41) is 6.33. The zero-order valence-corrected chi connectivity index (χ0v) is 17.3. The molecule has 1 amide bonds. The van der Waals surface area contributed by atoms with Crippen molar-refractivity contribution in [2.75, 3.05) is 13.1 Å². The zero-order chi connectivity index (χ0) is 19.9. The van der Waals surface area contributed by atoms with E-state index in [-0.39, 0.29) is 11.9 Å². The number of aryl methyl sites for hydroxylation is 1. The summed E-state index contributed by atoms with van der Waals surface area (Å²) in [4.78, 5) is 23.7. The van der Waals surface area contributed by atoms with Crippen LogP contribution in [0.4, 0.5) is 0 Å². The van der Waals surface area contributed by atoms with Crippen molar-refractivity contribution in [3.63, 3.8) is 0 Å². The van der Waals surface area contributed by atoms with Crippen molar-refractivity contribution < 1.29 is 4.79 Å². The predicted octanol–water partition coefficient (Wildman–Crippen LogP) is 3.92. The Hall–Kier alpha value is -2.57. The standard InChI is InChI=1S/C23H26N4OS/c28-23(21-8-5-15-27(21)16-18-6-2-1-3-7-18)25-12-4-9-22-26-20(17-29-22)19-10-13-24-14-11-19/h1-3,6-7,10-11,13-14,17,21H,4-5,8-9,12,15-16H2,(H,25,28). The van der Waals surface area contributed by atoms with E-state index < -0.39 is 0 Å². The molecular weight excluding hydrogens is 380 g/mol. The van der Waals surface area contributed by atoms with E-state index in [0.29, 0.717) is 6.54 Å². The minimum Gasteiger partial charge on any atom is -0.355 e. The summed E-state index contributed by atoms with van der Waals surface area (Å²) in [5.74, 6) is 0.162. The predicted molar refractivity (Wildman–Crippen MR) is 117 cm³/mol. The van der Waals surface area contributed by atoms with Crippen molar-refractivity contribution in [2.45, 2.75) is 38.3 Å². The molecule has 1 fully saturated rings. The lowest BCUT2D eigenvalue weighted by atomic mass is 10.1. The first-order valence-corrected chi connectivity index (χ1v) is 11.1. The molecule has 0 bridgehead atoms. The lowest BCUT2D eigenvalue weighted by molar-refractivity contribution is -0.125. The third-order valence-electron chi connectivity index (χ3n) is 5.29. The Bertz CT molecular complexity index is 913. The molecule has 1 saturated heterocycles. The van der Waals surface area contributed by atoms with Crippen LogP contribution < -0.4 is 5.32 Å². The first-order valence-electron chi connectivity index (χ1n) is 10.2. The molecule has 0 saturated carbocycles. The highest BCUT2D eigenvalue weighted by Crippen LogP contribution is 2.22. The second-order valence-electron chi connectivity index (χ2n) is 7.37. The van der Waals surface area contributed by atoms with Gasteiger partial charge in [-0.05, 0) is 43.5 Å². The van der Waals surface area contributed by atoms with E-state index >= 15 is 0 Å². The number of rotatable bonds is 8. The maximum atomic E-state index is 12.7. The minimum atomic E-state index is -0.00615. The molecule has 3 heterocycles. The fraction of sp³-hybridized carbons (Fsp3) is 0.348. The Kier molecular flexibility index (Phi) is 6.64. The van der Waals surface area contributed by atoms with Gasteiger partial charge >= 0.3 is 0 Å². The number of aromatic nitrogens is 2. The summed E-state index contributed by atoms with van der Waals surface area (Å²) in [7, 11) is 0. The van der Waals surface area contributed by atoms with Crippen LogP contribution in [0.1, 0.15) is 29.8 Å².